The first-order chi connectivity index (χ1) is 9.34. The van der Waals surface area contributed by atoms with E-state index in [1.54, 1.807) is 11.1 Å². The van der Waals surface area contributed by atoms with E-state index in [1.807, 2.05) is 0 Å². The molecule has 0 aromatic heterocycles. The van der Waals surface area contributed by atoms with Crippen molar-refractivity contribution in [2.24, 2.45) is 0 Å². The first-order valence-electron chi connectivity index (χ1n) is 7.22. The molecule has 0 aliphatic heterocycles. The molecule has 0 saturated carbocycles. The van der Waals surface area contributed by atoms with Crippen molar-refractivity contribution in [1.82, 2.24) is 0 Å². The van der Waals surface area contributed by atoms with Crippen molar-refractivity contribution in [1.29, 1.82) is 0 Å². The van der Waals surface area contributed by atoms with Crippen molar-refractivity contribution in [3.8, 4) is 11.1 Å². The van der Waals surface area contributed by atoms with Crippen LogP contribution >= 0.6 is 0 Å². The minimum Gasteiger partial charge on any atom is -0.0838 e. The zero-order valence-corrected chi connectivity index (χ0v) is 11.3. The SMILES string of the molecule is CC1Cc2c(ccc3c2CC=CC3)-c2ccccc21. The summed E-state index contributed by atoms with van der Waals surface area (Å²) in [6.07, 6.45) is 8.05. The van der Waals surface area contributed by atoms with Gasteiger partial charge in [0.1, 0.15) is 0 Å². The predicted octanol–water partition coefficient (Wildman–Crippen LogP) is 4.67. The third kappa shape index (κ3) is 1.59. The largest absolute Gasteiger partial charge is 0.0838 e. The number of fused-ring (bicyclic) bond motifs is 5. The fourth-order valence-corrected chi connectivity index (χ4v) is 3.67. The third-order valence-electron chi connectivity index (χ3n) is 4.65. The second-order valence-corrected chi connectivity index (χ2v) is 5.80. The lowest BCUT2D eigenvalue weighted by molar-refractivity contribution is 0.740. The van der Waals surface area contributed by atoms with Crippen molar-refractivity contribution in [2.45, 2.75) is 32.1 Å². The van der Waals surface area contributed by atoms with Gasteiger partial charge in [-0.25, -0.2) is 0 Å². The molecule has 0 fully saturated rings. The standard InChI is InChI=1S/C19H18/c1-13-12-19-16-8-3-2-6-14(16)10-11-18(19)17-9-5-4-7-15(13)17/h2-5,7,9-11,13H,6,8,12H2,1H3. The quantitative estimate of drug-likeness (QED) is 0.593. The Morgan fingerprint density at radius 2 is 1.68 bits per heavy atom. The van der Waals surface area contributed by atoms with E-state index in [0.717, 1.165) is 12.8 Å². The Bertz CT molecular complexity index is 676. The molecule has 0 amide bonds. The van der Waals surface area contributed by atoms with E-state index in [4.69, 9.17) is 0 Å². The molecule has 0 N–H and O–H groups in total. The lowest BCUT2D eigenvalue weighted by Gasteiger charge is -2.29. The lowest BCUT2D eigenvalue weighted by atomic mass is 9.75. The Morgan fingerprint density at radius 1 is 0.842 bits per heavy atom. The molecule has 0 heterocycles. The van der Waals surface area contributed by atoms with Gasteiger partial charge in [-0.1, -0.05) is 55.5 Å². The molecule has 19 heavy (non-hydrogen) atoms. The van der Waals surface area contributed by atoms with Crippen molar-refractivity contribution in [3.63, 3.8) is 0 Å². The van der Waals surface area contributed by atoms with Gasteiger partial charge in [-0.15, -0.1) is 0 Å². The first-order valence-corrected chi connectivity index (χ1v) is 7.22. The zero-order valence-electron chi connectivity index (χ0n) is 11.3. The second-order valence-electron chi connectivity index (χ2n) is 5.80. The van der Waals surface area contributed by atoms with Gasteiger partial charge >= 0.3 is 0 Å². The molecule has 0 heteroatoms. The second kappa shape index (κ2) is 4.09. The summed E-state index contributed by atoms with van der Waals surface area (Å²) < 4.78 is 0. The minimum atomic E-state index is 0.640. The van der Waals surface area contributed by atoms with Gasteiger partial charge in [-0.05, 0) is 58.6 Å². The van der Waals surface area contributed by atoms with Crippen molar-refractivity contribution >= 4 is 0 Å². The van der Waals surface area contributed by atoms with Crippen LogP contribution in [0.5, 0.6) is 0 Å². The van der Waals surface area contributed by atoms with Crippen molar-refractivity contribution < 1.29 is 0 Å². The molecular weight excluding hydrogens is 228 g/mol. The van der Waals surface area contributed by atoms with Gasteiger partial charge in [-0.3, -0.25) is 0 Å². The summed E-state index contributed by atoms with van der Waals surface area (Å²) in [5.41, 5.74) is 9.18. The van der Waals surface area contributed by atoms with Crippen LogP contribution in [-0.4, -0.2) is 0 Å². The molecule has 94 valence electrons. The van der Waals surface area contributed by atoms with Crippen LogP contribution in [0, 0.1) is 0 Å². The van der Waals surface area contributed by atoms with Crippen LogP contribution in [0.15, 0.2) is 48.6 Å². The monoisotopic (exact) mass is 246 g/mol. The molecule has 0 spiro atoms. The molecule has 2 aliphatic rings. The highest BCUT2D eigenvalue weighted by atomic mass is 14.3. The summed E-state index contributed by atoms with van der Waals surface area (Å²) in [6.45, 7) is 2.36. The fraction of sp³-hybridized carbons (Fsp3) is 0.263. The molecule has 1 atom stereocenters. The van der Waals surface area contributed by atoms with E-state index in [-0.39, 0.29) is 0 Å². The van der Waals surface area contributed by atoms with Gasteiger partial charge in [-0.2, -0.15) is 0 Å². The average molecular weight is 246 g/mol. The summed E-state index contributed by atoms with van der Waals surface area (Å²) in [4.78, 5) is 0. The van der Waals surface area contributed by atoms with E-state index in [9.17, 15) is 0 Å². The van der Waals surface area contributed by atoms with E-state index in [0.29, 0.717) is 5.92 Å². The van der Waals surface area contributed by atoms with Gasteiger partial charge in [0.05, 0.1) is 0 Å². The lowest BCUT2D eigenvalue weighted by Crippen LogP contribution is -2.13. The van der Waals surface area contributed by atoms with Crippen molar-refractivity contribution in [3.05, 3.63) is 70.8 Å². The molecule has 2 aromatic carbocycles. The zero-order chi connectivity index (χ0) is 12.8. The van der Waals surface area contributed by atoms with Crippen LogP contribution in [0.3, 0.4) is 0 Å². The van der Waals surface area contributed by atoms with Crippen LogP contribution in [0.1, 0.15) is 35.1 Å². The summed E-state index contributed by atoms with van der Waals surface area (Å²) in [5.74, 6) is 0.640. The van der Waals surface area contributed by atoms with E-state index in [2.05, 4.69) is 55.5 Å². The van der Waals surface area contributed by atoms with Crippen LogP contribution in [0.2, 0.25) is 0 Å². The highest BCUT2D eigenvalue weighted by Gasteiger charge is 2.24. The van der Waals surface area contributed by atoms with Crippen LogP contribution < -0.4 is 0 Å². The molecule has 4 rings (SSSR count). The molecule has 0 saturated heterocycles. The third-order valence-corrected chi connectivity index (χ3v) is 4.65. The highest BCUT2D eigenvalue weighted by molar-refractivity contribution is 5.76. The highest BCUT2D eigenvalue weighted by Crippen LogP contribution is 2.42. The molecule has 2 aromatic rings. The molecule has 1 unspecified atom stereocenters. The maximum absolute atomic E-state index is 2.36. The molecule has 0 radical (unpaired) electrons. The van der Waals surface area contributed by atoms with E-state index in [1.165, 1.54) is 28.7 Å². The number of benzene rings is 2. The molecule has 2 aliphatic carbocycles. The molecule has 0 bridgehead atoms. The van der Waals surface area contributed by atoms with Gasteiger partial charge in [0, 0.05) is 0 Å². The van der Waals surface area contributed by atoms with Crippen LogP contribution in [0.4, 0.5) is 0 Å². The molecular formula is C19H18. The summed E-state index contributed by atoms with van der Waals surface area (Å²) in [5, 5.41) is 0. The Hall–Kier alpha value is -1.82. The average Bonchev–Trinajstić information content (AvgIpc) is 2.47. The van der Waals surface area contributed by atoms with E-state index >= 15 is 0 Å². The maximum atomic E-state index is 2.36. The summed E-state index contributed by atoms with van der Waals surface area (Å²) in [6, 6.07) is 13.6. The minimum absolute atomic E-state index is 0.640. The maximum Gasteiger partial charge on any atom is -0.00915 e. The Balaban J connectivity index is 1.99. The Kier molecular flexibility index (Phi) is 2.38. The number of hydrogen-bond acceptors (Lipinski definition) is 0. The summed E-state index contributed by atoms with van der Waals surface area (Å²) in [7, 11) is 0. The molecule has 0 nitrogen and oxygen atoms in total. The smallest absolute Gasteiger partial charge is 0.00915 e. The first kappa shape index (κ1) is 11.0. The van der Waals surface area contributed by atoms with Crippen LogP contribution in [0.25, 0.3) is 11.1 Å². The number of allylic oxidation sites excluding steroid dienone is 2. The summed E-state index contributed by atoms with van der Waals surface area (Å²) >= 11 is 0. The van der Waals surface area contributed by atoms with Gasteiger partial charge in [0.2, 0.25) is 0 Å². The topological polar surface area (TPSA) is 0 Å². The van der Waals surface area contributed by atoms with Gasteiger partial charge in [0.25, 0.3) is 0 Å². The Morgan fingerprint density at radius 3 is 2.63 bits per heavy atom. The Labute approximate surface area is 114 Å². The number of rotatable bonds is 0. The fourth-order valence-electron chi connectivity index (χ4n) is 3.67. The number of hydrogen-bond donors (Lipinski definition) is 0. The van der Waals surface area contributed by atoms with Gasteiger partial charge < -0.3 is 0 Å². The van der Waals surface area contributed by atoms with Crippen LogP contribution in [-0.2, 0) is 19.3 Å². The van der Waals surface area contributed by atoms with E-state index < -0.39 is 0 Å². The van der Waals surface area contributed by atoms with Crippen molar-refractivity contribution in [2.75, 3.05) is 0 Å². The normalized spacial score (nSPS) is 19.5. The van der Waals surface area contributed by atoms with Gasteiger partial charge in [0.15, 0.2) is 0 Å². The predicted molar refractivity (Wildman–Crippen MR) is 80.5 cm³/mol.